The number of aromatic nitrogens is 3. The molecule has 0 spiro atoms. The van der Waals surface area contributed by atoms with E-state index in [4.69, 9.17) is 4.74 Å². The fourth-order valence-corrected chi connectivity index (χ4v) is 5.47. The van der Waals surface area contributed by atoms with Crippen LogP contribution in [0.4, 0.5) is 10.7 Å². The molecule has 2 atom stereocenters. The first-order chi connectivity index (χ1) is 19.8. The van der Waals surface area contributed by atoms with Crippen molar-refractivity contribution in [2.45, 2.75) is 52.2 Å². The second-order valence-corrected chi connectivity index (χ2v) is 10.8. The first-order valence-electron chi connectivity index (χ1n) is 14.3. The van der Waals surface area contributed by atoms with Crippen LogP contribution in [0.1, 0.15) is 63.4 Å². The number of anilines is 1. The second kappa shape index (κ2) is 12.5. The van der Waals surface area contributed by atoms with E-state index in [2.05, 4.69) is 58.3 Å². The number of fused-ring (bicyclic) bond motifs is 1. The lowest BCUT2D eigenvalue weighted by atomic mass is 9.98. The van der Waals surface area contributed by atoms with Gasteiger partial charge in [0.15, 0.2) is 0 Å². The molecule has 1 aliphatic heterocycles. The summed E-state index contributed by atoms with van der Waals surface area (Å²) in [6.45, 7) is 11.1. The minimum absolute atomic E-state index is 0.00323. The number of hydrogen-bond acceptors (Lipinski definition) is 7. The third-order valence-corrected chi connectivity index (χ3v) is 7.70. The summed E-state index contributed by atoms with van der Waals surface area (Å²) in [5, 5.41) is 4.23. The summed E-state index contributed by atoms with van der Waals surface area (Å²) in [4.78, 5) is 38.4. The molecule has 0 radical (unpaired) electrons. The number of ether oxygens (including phenoxy) is 1. The Morgan fingerprint density at radius 1 is 0.927 bits per heavy atom. The molecule has 1 amide bonds. The molecule has 41 heavy (non-hydrogen) atoms. The molecule has 0 unspecified atom stereocenters. The van der Waals surface area contributed by atoms with Crippen LogP contribution in [-0.4, -0.2) is 56.6 Å². The van der Waals surface area contributed by atoms with Gasteiger partial charge < -0.3 is 15.0 Å². The first-order valence-corrected chi connectivity index (χ1v) is 14.3. The number of piperazine rings is 1. The minimum Gasteiger partial charge on any atom is -0.410 e. The van der Waals surface area contributed by atoms with Crippen LogP contribution in [0, 0.1) is 0 Å². The van der Waals surface area contributed by atoms with Gasteiger partial charge in [0.2, 0.25) is 5.95 Å². The Kier molecular flexibility index (Phi) is 8.64. The van der Waals surface area contributed by atoms with Crippen LogP contribution < -0.4 is 15.6 Å². The zero-order valence-corrected chi connectivity index (χ0v) is 24.2. The molecule has 214 valence electrons. The summed E-state index contributed by atoms with van der Waals surface area (Å²) < 4.78 is 7.21. The average Bonchev–Trinajstić information content (AvgIpc) is 2.98. The summed E-state index contributed by atoms with van der Waals surface area (Å²) >= 11 is 0. The van der Waals surface area contributed by atoms with Gasteiger partial charge in [-0.05, 0) is 56.5 Å². The number of carbonyl (C=O) groups excluding carboxylic acids is 1. The average molecular weight is 555 g/mol. The Bertz CT molecular complexity index is 1530. The highest BCUT2D eigenvalue weighted by molar-refractivity contribution is 5.75. The third kappa shape index (κ3) is 6.41. The SMILES string of the molecule is CC[C@H](c1ccc([C@H](C)Nc2ncc3ccc(=O)n(C(C)C)c3n2)cc1)N1CCN(C(=O)Oc2ccccc2)CC1. The van der Waals surface area contributed by atoms with Crippen molar-refractivity contribution in [1.29, 1.82) is 0 Å². The van der Waals surface area contributed by atoms with Gasteiger partial charge >= 0.3 is 6.09 Å². The van der Waals surface area contributed by atoms with E-state index in [1.807, 2.05) is 32.0 Å². The van der Waals surface area contributed by atoms with E-state index < -0.39 is 0 Å². The standard InChI is InChI=1S/C32H38N6O3/c1-5-28(36-17-19-37(20-18-36)32(40)41-27-9-7-6-8-10-27)25-13-11-24(12-14-25)23(4)34-31-33-21-26-15-16-29(39)38(22(2)3)30(26)35-31/h6-16,21-23,28H,5,17-20H2,1-4H3,(H,33,34,35)/t23-,28+/m0/s1. The van der Waals surface area contributed by atoms with Crippen LogP contribution in [-0.2, 0) is 0 Å². The Labute approximate surface area is 240 Å². The van der Waals surface area contributed by atoms with Crippen LogP contribution in [0.5, 0.6) is 5.75 Å². The van der Waals surface area contributed by atoms with E-state index in [1.165, 1.54) is 5.56 Å². The molecular weight excluding hydrogens is 516 g/mol. The Morgan fingerprint density at radius 2 is 1.61 bits per heavy atom. The maximum absolute atomic E-state index is 12.6. The molecule has 1 N–H and O–H groups in total. The summed E-state index contributed by atoms with van der Waals surface area (Å²) in [5.74, 6) is 1.06. The van der Waals surface area contributed by atoms with Gasteiger partial charge in [0, 0.05) is 55.9 Å². The molecule has 0 aliphatic carbocycles. The van der Waals surface area contributed by atoms with Crippen molar-refractivity contribution in [3.05, 3.63) is 94.4 Å². The Balaban J connectivity index is 1.21. The fraction of sp³-hybridized carbons (Fsp3) is 0.375. The van der Waals surface area contributed by atoms with E-state index in [-0.39, 0.29) is 29.8 Å². The minimum atomic E-state index is -0.294. The van der Waals surface area contributed by atoms with Gasteiger partial charge in [-0.15, -0.1) is 0 Å². The molecule has 0 bridgehead atoms. The van der Waals surface area contributed by atoms with E-state index in [1.54, 1.807) is 39.9 Å². The van der Waals surface area contributed by atoms with Crippen LogP contribution in [0.15, 0.2) is 77.7 Å². The molecule has 1 aliphatic rings. The summed E-state index contributed by atoms with van der Waals surface area (Å²) in [6, 6.07) is 21.5. The van der Waals surface area contributed by atoms with Gasteiger partial charge in [-0.25, -0.2) is 9.78 Å². The molecule has 9 nitrogen and oxygen atoms in total. The van der Waals surface area contributed by atoms with Gasteiger partial charge in [-0.2, -0.15) is 4.98 Å². The van der Waals surface area contributed by atoms with E-state index >= 15 is 0 Å². The number of benzene rings is 2. The maximum atomic E-state index is 12.6. The predicted octanol–water partition coefficient (Wildman–Crippen LogP) is 5.81. The van der Waals surface area contributed by atoms with Crippen LogP contribution in [0.3, 0.4) is 0 Å². The molecule has 1 saturated heterocycles. The highest BCUT2D eigenvalue weighted by atomic mass is 16.6. The van der Waals surface area contributed by atoms with Gasteiger partial charge in [0.05, 0.1) is 6.04 Å². The number of rotatable bonds is 8. The molecule has 2 aromatic carbocycles. The quantitative estimate of drug-likeness (QED) is 0.294. The Hall–Kier alpha value is -4.24. The summed E-state index contributed by atoms with van der Waals surface area (Å²) in [7, 11) is 0. The zero-order valence-electron chi connectivity index (χ0n) is 24.2. The van der Waals surface area contributed by atoms with Gasteiger partial charge in [0.1, 0.15) is 11.4 Å². The molecule has 1 fully saturated rings. The van der Waals surface area contributed by atoms with Crippen molar-refractivity contribution >= 4 is 23.1 Å². The first kappa shape index (κ1) is 28.3. The van der Waals surface area contributed by atoms with E-state index in [0.717, 1.165) is 30.5 Å². The molecule has 2 aromatic heterocycles. The Morgan fingerprint density at radius 3 is 2.27 bits per heavy atom. The van der Waals surface area contributed by atoms with Crippen molar-refractivity contribution in [3.63, 3.8) is 0 Å². The topological polar surface area (TPSA) is 92.6 Å². The van der Waals surface area contributed by atoms with E-state index in [9.17, 15) is 9.59 Å². The van der Waals surface area contributed by atoms with Crippen molar-refractivity contribution in [3.8, 4) is 5.75 Å². The zero-order chi connectivity index (χ0) is 28.9. The number of amides is 1. The van der Waals surface area contributed by atoms with Crippen LogP contribution >= 0.6 is 0 Å². The molecule has 9 heteroatoms. The molecule has 3 heterocycles. The molecule has 5 rings (SSSR count). The molecule has 0 saturated carbocycles. The lowest BCUT2D eigenvalue weighted by molar-refractivity contribution is 0.0872. The second-order valence-electron chi connectivity index (χ2n) is 10.8. The number of nitrogens with one attached hydrogen (secondary N) is 1. The largest absolute Gasteiger partial charge is 0.415 e. The lowest BCUT2D eigenvalue weighted by Crippen LogP contribution is -2.50. The highest BCUT2D eigenvalue weighted by Gasteiger charge is 2.27. The maximum Gasteiger partial charge on any atom is 0.415 e. The predicted molar refractivity (Wildman–Crippen MR) is 161 cm³/mol. The number of carbonyl (C=O) groups is 1. The summed E-state index contributed by atoms with van der Waals surface area (Å²) in [5.41, 5.74) is 2.94. The lowest BCUT2D eigenvalue weighted by Gasteiger charge is -2.38. The third-order valence-electron chi connectivity index (χ3n) is 7.70. The van der Waals surface area contributed by atoms with Gasteiger partial charge in [-0.1, -0.05) is 49.4 Å². The van der Waals surface area contributed by atoms with Crippen molar-refractivity contribution < 1.29 is 9.53 Å². The van der Waals surface area contributed by atoms with E-state index in [0.29, 0.717) is 30.4 Å². The number of pyridine rings is 1. The van der Waals surface area contributed by atoms with Crippen molar-refractivity contribution in [1.82, 2.24) is 24.3 Å². The normalized spacial score (nSPS) is 15.6. The molecule has 4 aromatic rings. The van der Waals surface area contributed by atoms with Crippen LogP contribution in [0.25, 0.3) is 11.0 Å². The van der Waals surface area contributed by atoms with Crippen LogP contribution in [0.2, 0.25) is 0 Å². The number of hydrogen-bond donors (Lipinski definition) is 1. The smallest absolute Gasteiger partial charge is 0.410 e. The van der Waals surface area contributed by atoms with Gasteiger partial charge in [0.25, 0.3) is 5.56 Å². The number of para-hydroxylation sites is 1. The number of nitrogens with zero attached hydrogens (tertiary/aromatic N) is 5. The monoisotopic (exact) mass is 554 g/mol. The summed E-state index contributed by atoms with van der Waals surface area (Å²) in [6.07, 6.45) is 2.44. The molecular formula is C32H38N6O3. The fourth-order valence-electron chi connectivity index (χ4n) is 5.47. The van der Waals surface area contributed by atoms with Crippen molar-refractivity contribution in [2.75, 3.05) is 31.5 Å². The highest BCUT2D eigenvalue weighted by Crippen LogP contribution is 2.28. The van der Waals surface area contributed by atoms with Crippen molar-refractivity contribution in [2.24, 2.45) is 0 Å². The van der Waals surface area contributed by atoms with Gasteiger partial charge in [-0.3, -0.25) is 14.3 Å².